The highest BCUT2D eigenvalue weighted by atomic mass is 19.4. The standard InChI is InChI=1S/C10F20/c11-2(5(15,16)17)1(4(12,13)14)3(8(22,23)24,6(18,19)9(25,26)27)7(20,21)10(28,29)30/b2-1+. The summed E-state index contributed by atoms with van der Waals surface area (Å²) in [5, 5.41) is 0. The fourth-order valence-electron chi connectivity index (χ4n) is 2.08. The first kappa shape index (κ1) is 28.3. The third kappa shape index (κ3) is 3.96. The lowest BCUT2D eigenvalue weighted by molar-refractivity contribution is -0.457. The molecule has 0 saturated heterocycles. The van der Waals surface area contributed by atoms with E-state index in [0.29, 0.717) is 0 Å². The van der Waals surface area contributed by atoms with Crippen LogP contribution >= 0.6 is 0 Å². The first-order valence-electron chi connectivity index (χ1n) is 6.03. The summed E-state index contributed by atoms with van der Waals surface area (Å²) in [6.07, 6.45) is -41.6. The molecule has 0 saturated carbocycles. The summed E-state index contributed by atoms with van der Waals surface area (Å²) in [5.41, 5.74) is -15.4. The van der Waals surface area contributed by atoms with Gasteiger partial charge in [0.1, 0.15) is 5.57 Å². The van der Waals surface area contributed by atoms with Crippen LogP contribution in [0.1, 0.15) is 0 Å². The molecule has 0 N–H and O–H groups in total. The molecule has 0 rings (SSSR count). The summed E-state index contributed by atoms with van der Waals surface area (Å²) in [4.78, 5) is 0. The second kappa shape index (κ2) is 6.92. The van der Waals surface area contributed by atoms with E-state index in [-0.39, 0.29) is 0 Å². The Bertz CT molecular complexity index is 630. The molecule has 0 amide bonds. The summed E-state index contributed by atoms with van der Waals surface area (Å²) >= 11 is 0. The molecule has 0 radical (unpaired) electrons. The van der Waals surface area contributed by atoms with Gasteiger partial charge in [0.15, 0.2) is 0 Å². The maximum Gasteiger partial charge on any atom is 0.454 e. The van der Waals surface area contributed by atoms with Gasteiger partial charge in [-0.1, -0.05) is 0 Å². The lowest BCUT2D eigenvalue weighted by Gasteiger charge is -2.47. The summed E-state index contributed by atoms with van der Waals surface area (Å²) in [6, 6.07) is 0. The predicted octanol–water partition coefficient (Wildman–Crippen LogP) is 7.28. The molecule has 0 fully saturated rings. The molecule has 0 nitrogen and oxygen atoms in total. The average molecular weight is 500 g/mol. The maximum atomic E-state index is 13.4. The fraction of sp³-hybridized carbons (Fsp3) is 0.800. The number of allylic oxidation sites excluding steroid dienone is 2. The van der Waals surface area contributed by atoms with E-state index < -0.39 is 59.5 Å². The van der Waals surface area contributed by atoms with E-state index >= 15 is 0 Å². The van der Waals surface area contributed by atoms with Gasteiger partial charge in [0, 0.05) is 0 Å². The molecule has 0 aromatic carbocycles. The van der Waals surface area contributed by atoms with Gasteiger partial charge in [-0.25, -0.2) is 4.39 Å². The van der Waals surface area contributed by atoms with Gasteiger partial charge >= 0.3 is 42.7 Å². The van der Waals surface area contributed by atoms with Crippen molar-refractivity contribution < 1.29 is 87.8 Å². The molecule has 0 atom stereocenters. The van der Waals surface area contributed by atoms with Crippen LogP contribution in [0, 0.1) is 5.41 Å². The molecular formula is C10F20. The third-order valence-corrected chi connectivity index (χ3v) is 3.21. The van der Waals surface area contributed by atoms with Crippen LogP contribution in [0.5, 0.6) is 0 Å². The van der Waals surface area contributed by atoms with Crippen LogP contribution in [-0.4, -0.2) is 42.7 Å². The van der Waals surface area contributed by atoms with E-state index in [2.05, 4.69) is 0 Å². The van der Waals surface area contributed by atoms with E-state index in [1.165, 1.54) is 0 Å². The molecule has 0 aliphatic carbocycles. The summed E-state index contributed by atoms with van der Waals surface area (Å²) in [5.74, 6) is -23.8. The van der Waals surface area contributed by atoms with E-state index in [4.69, 9.17) is 0 Å². The topological polar surface area (TPSA) is 0 Å². The van der Waals surface area contributed by atoms with Gasteiger partial charge in [0.05, 0.1) is 0 Å². The maximum absolute atomic E-state index is 13.4. The summed E-state index contributed by atoms with van der Waals surface area (Å²) in [6.45, 7) is 0. The summed E-state index contributed by atoms with van der Waals surface area (Å²) < 4.78 is 254. The minimum atomic E-state index is -9.18. The first-order chi connectivity index (χ1) is 12.5. The number of hydrogen-bond donors (Lipinski definition) is 0. The molecule has 180 valence electrons. The molecule has 0 aliphatic rings. The van der Waals surface area contributed by atoms with Crippen LogP contribution in [0.3, 0.4) is 0 Å². The van der Waals surface area contributed by atoms with E-state index in [1.54, 1.807) is 0 Å². The van der Waals surface area contributed by atoms with Gasteiger partial charge in [-0.3, -0.25) is 0 Å². The van der Waals surface area contributed by atoms with Crippen molar-refractivity contribution >= 4 is 0 Å². The molecule has 0 heterocycles. The summed E-state index contributed by atoms with van der Waals surface area (Å²) in [7, 11) is 0. The molecule has 0 aliphatic heterocycles. The molecule has 0 bridgehead atoms. The number of halogens is 20. The van der Waals surface area contributed by atoms with Crippen molar-refractivity contribution in [3.05, 3.63) is 11.4 Å². The van der Waals surface area contributed by atoms with Crippen LogP contribution in [0.4, 0.5) is 87.8 Å². The first-order valence-corrected chi connectivity index (χ1v) is 6.03. The smallest absolute Gasteiger partial charge is 0.201 e. The second-order valence-electron chi connectivity index (χ2n) is 5.08. The van der Waals surface area contributed by atoms with Gasteiger partial charge in [-0.15, -0.1) is 0 Å². The predicted molar refractivity (Wildman–Crippen MR) is 50.7 cm³/mol. The van der Waals surface area contributed by atoms with Crippen molar-refractivity contribution in [3.63, 3.8) is 0 Å². The molecule has 0 spiro atoms. The Hall–Kier alpha value is -1.66. The van der Waals surface area contributed by atoms with Crippen LogP contribution in [0.15, 0.2) is 11.4 Å². The molecule has 0 unspecified atom stereocenters. The third-order valence-electron chi connectivity index (χ3n) is 3.21. The normalized spacial score (nSPS) is 17.2. The lowest BCUT2D eigenvalue weighted by Crippen LogP contribution is -2.73. The molecule has 20 heteroatoms. The van der Waals surface area contributed by atoms with Crippen LogP contribution in [0.2, 0.25) is 0 Å². The highest BCUT2D eigenvalue weighted by Crippen LogP contribution is 2.72. The van der Waals surface area contributed by atoms with Crippen molar-refractivity contribution in [2.75, 3.05) is 0 Å². The molecule has 30 heavy (non-hydrogen) atoms. The van der Waals surface area contributed by atoms with E-state index in [1.807, 2.05) is 0 Å². The SMILES string of the molecule is F/C(=C(/C(F)(F)F)C(C(F)(F)F)(C(F)(F)C(F)(F)F)C(F)(F)C(F)(F)F)C(F)(F)F. The van der Waals surface area contributed by atoms with Crippen molar-refractivity contribution in [3.8, 4) is 0 Å². The Kier molecular flexibility index (Phi) is 6.54. The molecule has 0 aromatic heterocycles. The quantitative estimate of drug-likeness (QED) is 0.358. The number of rotatable bonds is 3. The number of hydrogen-bond acceptors (Lipinski definition) is 0. The van der Waals surface area contributed by atoms with Gasteiger partial charge in [-0.2, -0.15) is 83.4 Å². The Morgan fingerprint density at radius 1 is 0.367 bits per heavy atom. The average Bonchev–Trinajstić information content (AvgIpc) is 2.36. The van der Waals surface area contributed by atoms with E-state index in [9.17, 15) is 87.8 Å². The lowest BCUT2D eigenvalue weighted by atomic mass is 9.66. The van der Waals surface area contributed by atoms with Gasteiger partial charge < -0.3 is 0 Å². The van der Waals surface area contributed by atoms with Crippen molar-refractivity contribution in [1.82, 2.24) is 0 Å². The highest BCUT2D eigenvalue weighted by molar-refractivity contribution is 5.36. The van der Waals surface area contributed by atoms with Crippen LogP contribution in [0.25, 0.3) is 0 Å². The molecule has 0 aromatic rings. The van der Waals surface area contributed by atoms with Crippen molar-refractivity contribution in [1.29, 1.82) is 0 Å². The van der Waals surface area contributed by atoms with Gasteiger partial charge in [0.2, 0.25) is 11.2 Å². The van der Waals surface area contributed by atoms with Crippen molar-refractivity contribution in [2.24, 2.45) is 5.41 Å². The Labute approximate surface area is 149 Å². The van der Waals surface area contributed by atoms with Crippen LogP contribution < -0.4 is 0 Å². The minimum Gasteiger partial charge on any atom is -0.201 e. The van der Waals surface area contributed by atoms with Crippen LogP contribution in [-0.2, 0) is 0 Å². The Balaban J connectivity index is 8.46. The second-order valence-corrected chi connectivity index (χ2v) is 5.08. The van der Waals surface area contributed by atoms with Crippen molar-refractivity contribution in [2.45, 2.75) is 42.7 Å². The van der Waals surface area contributed by atoms with E-state index in [0.717, 1.165) is 0 Å². The monoisotopic (exact) mass is 500 g/mol. The van der Waals surface area contributed by atoms with Gasteiger partial charge in [-0.05, 0) is 0 Å². The van der Waals surface area contributed by atoms with Gasteiger partial charge in [0.25, 0.3) is 0 Å². The Morgan fingerprint density at radius 3 is 0.767 bits per heavy atom. The zero-order valence-electron chi connectivity index (χ0n) is 12.6. The zero-order valence-corrected chi connectivity index (χ0v) is 12.6. The largest absolute Gasteiger partial charge is 0.454 e. The number of alkyl halides is 19. The minimum absolute atomic E-state index is 5.74. The highest BCUT2D eigenvalue weighted by Gasteiger charge is 2.96. The fourth-order valence-corrected chi connectivity index (χ4v) is 2.08. The Morgan fingerprint density at radius 2 is 0.633 bits per heavy atom. The molecular weight excluding hydrogens is 500 g/mol. The zero-order chi connectivity index (χ0) is 25.2.